The summed E-state index contributed by atoms with van der Waals surface area (Å²) in [5.41, 5.74) is -3.71. The van der Waals surface area contributed by atoms with Gasteiger partial charge in [0.05, 0.1) is 12.7 Å². The lowest BCUT2D eigenvalue weighted by Gasteiger charge is -2.42. The van der Waals surface area contributed by atoms with E-state index in [-0.39, 0.29) is 5.75 Å². The smallest absolute Gasteiger partial charge is 0.459 e. The molecule has 3 N–H and O–H groups in total. The summed E-state index contributed by atoms with van der Waals surface area (Å²) in [5.74, 6) is -0.556. The molecule has 1 aliphatic rings. The van der Waals surface area contributed by atoms with E-state index in [4.69, 9.17) is 18.5 Å². The summed E-state index contributed by atoms with van der Waals surface area (Å²) in [7, 11) is -4.32. The SMILES string of the molecule is CC(C)OC(=O)[C@H](C)NP(=O)(OC[C@H]1O[C@@H](n2ccc(=O)[nH]c2=O)CC(C)(F)[C@@H]1O)Oc1ccccc1. The van der Waals surface area contributed by atoms with Gasteiger partial charge in [0, 0.05) is 18.7 Å². The molecule has 1 fully saturated rings. The zero-order valence-electron chi connectivity index (χ0n) is 20.8. The second kappa shape index (κ2) is 11.7. The van der Waals surface area contributed by atoms with Crippen molar-refractivity contribution in [3.8, 4) is 5.75 Å². The summed E-state index contributed by atoms with van der Waals surface area (Å²) in [6.45, 7) is 5.19. The molecule has 2 heterocycles. The minimum atomic E-state index is -4.32. The van der Waals surface area contributed by atoms with E-state index in [9.17, 15) is 24.1 Å². The number of benzene rings is 1. The molecular formula is C23H31FN3O9P. The van der Waals surface area contributed by atoms with Crippen molar-refractivity contribution in [2.45, 2.75) is 70.4 Å². The Hall–Kier alpha value is -2.83. The van der Waals surface area contributed by atoms with E-state index in [0.717, 1.165) is 23.8 Å². The van der Waals surface area contributed by atoms with Crippen molar-refractivity contribution < 1.29 is 37.4 Å². The number of aromatic nitrogens is 2. The lowest BCUT2D eigenvalue weighted by molar-refractivity contribution is -0.213. The number of nitrogens with zero attached hydrogens (tertiary/aromatic N) is 1. The number of halogens is 1. The molecule has 0 amide bonds. The maximum atomic E-state index is 15.3. The molecule has 204 valence electrons. The normalized spacial score (nSPS) is 26.3. The highest BCUT2D eigenvalue weighted by Crippen LogP contribution is 2.46. The van der Waals surface area contributed by atoms with Crippen LogP contribution in [0.2, 0.25) is 0 Å². The zero-order valence-corrected chi connectivity index (χ0v) is 21.7. The Balaban J connectivity index is 1.82. The first-order chi connectivity index (χ1) is 17.3. The van der Waals surface area contributed by atoms with Crippen LogP contribution in [0.25, 0.3) is 0 Å². The predicted octanol–water partition coefficient (Wildman–Crippen LogP) is 2.05. The molecule has 0 bridgehead atoms. The number of H-pyrrole nitrogens is 1. The Morgan fingerprint density at radius 3 is 2.59 bits per heavy atom. The van der Waals surface area contributed by atoms with Crippen molar-refractivity contribution in [2.75, 3.05) is 6.61 Å². The molecular weight excluding hydrogens is 512 g/mol. The van der Waals surface area contributed by atoms with E-state index in [1.807, 2.05) is 0 Å². The van der Waals surface area contributed by atoms with Crippen LogP contribution in [0, 0.1) is 0 Å². The summed E-state index contributed by atoms with van der Waals surface area (Å²) < 4.78 is 51.8. The number of rotatable bonds is 10. The minimum absolute atomic E-state index is 0.154. The highest BCUT2D eigenvalue weighted by atomic mass is 31.2. The number of aliphatic hydroxyl groups excluding tert-OH is 1. The lowest BCUT2D eigenvalue weighted by Crippen LogP contribution is -2.54. The van der Waals surface area contributed by atoms with Gasteiger partial charge in [-0.2, -0.15) is 5.09 Å². The summed E-state index contributed by atoms with van der Waals surface area (Å²) in [6.07, 6.45) is -4.03. The first-order valence-electron chi connectivity index (χ1n) is 11.6. The van der Waals surface area contributed by atoms with Crippen molar-refractivity contribution in [2.24, 2.45) is 0 Å². The number of esters is 1. The van der Waals surface area contributed by atoms with Gasteiger partial charge in [0.25, 0.3) is 5.56 Å². The van der Waals surface area contributed by atoms with Gasteiger partial charge in [0.1, 0.15) is 35.9 Å². The van der Waals surface area contributed by atoms with Crippen LogP contribution in [0.15, 0.2) is 52.2 Å². The summed E-state index contributed by atoms with van der Waals surface area (Å²) >= 11 is 0. The van der Waals surface area contributed by atoms with Crippen LogP contribution in [-0.2, 0) is 23.4 Å². The fraction of sp³-hybridized carbons (Fsp3) is 0.522. The van der Waals surface area contributed by atoms with Crippen molar-refractivity contribution >= 4 is 13.7 Å². The number of alkyl halides is 1. The molecule has 37 heavy (non-hydrogen) atoms. The van der Waals surface area contributed by atoms with Crippen LogP contribution in [0.5, 0.6) is 5.75 Å². The largest absolute Gasteiger partial charge is 0.462 e. The standard InChI is InChI=1S/C23H31FN3O9P/c1-14(2)34-21(30)15(3)26-37(32,36-16-8-6-5-7-9-16)33-13-17-20(29)23(4,24)12-19(35-17)27-11-10-18(28)25-22(27)31/h5-11,14-15,17,19-20,29H,12-13H2,1-4H3,(H,26,32)(H,25,28,31)/t15-,17+,19+,20+,23?,37?/m0/s1. The van der Waals surface area contributed by atoms with Gasteiger partial charge in [0.2, 0.25) is 0 Å². The first kappa shape index (κ1) is 28.7. The molecule has 12 nitrogen and oxygen atoms in total. The number of carbonyl (C=O) groups is 1. The molecule has 0 radical (unpaired) electrons. The third-order valence-electron chi connectivity index (χ3n) is 5.47. The molecule has 3 rings (SSSR count). The van der Waals surface area contributed by atoms with Gasteiger partial charge in [-0.05, 0) is 39.8 Å². The molecule has 14 heteroatoms. The topological polar surface area (TPSA) is 158 Å². The second-order valence-corrected chi connectivity index (χ2v) is 10.8. The van der Waals surface area contributed by atoms with E-state index in [1.165, 1.54) is 19.1 Å². The molecule has 0 spiro atoms. The third-order valence-corrected chi connectivity index (χ3v) is 7.11. The van der Waals surface area contributed by atoms with Crippen LogP contribution in [0.4, 0.5) is 4.39 Å². The van der Waals surface area contributed by atoms with Crippen LogP contribution in [0.1, 0.15) is 40.3 Å². The Morgan fingerprint density at radius 2 is 1.97 bits per heavy atom. The van der Waals surface area contributed by atoms with Gasteiger partial charge >= 0.3 is 19.4 Å². The number of hydrogen-bond acceptors (Lipinski definition) is 9. The number of ether oxygens (including phenoxy) is 2. The Labute approximate surface area is 212 Å². The third kappa shape index (κ3) is 7.59. The quantitative estimate of drug-likeness (QED) is 0.299. The molecule has 1 aliphatic heterocycles. The van der Waals surface area contributed by atoms with E-state index >= 15 is 4.39 Å². The van der Waals surface area contributed by atoms with Gasteiger partial charge < -0.3 is 19.1 Å². The zero-order chi connectivity index (χ0) is 27.4. The minimum Gasteiger partial charge on any atom is -0.462 e. The van der Waals surface area contributed by atoms with Crippen molar-refractivity contribution in [3.63, 3.8) is 0 Å². The fourth-order valence-electron chi connectivity index (χ4n) is 3.63. The Kier molecular flexibility index (Phi) is 9.09. The number of para-hydroxylation sites is 1. The lowest BCUT2D eigenvalue weighted by atomic mass is 9.89. The average Bonchev–Trinajstić information content (AvgIpc) is 2.80. The number of aliphatic hydroxyl groups is 1. The van der Waals surface area contributed by atoms with Crippen LogP contribution in [-0.4, -0.2) is 57.3 Å². The first-order valence-corrected chi connectivity index (χ1v) is 13.2. The molecule has 2 unspecified atom stereocenters. The maximum absolute atomic E-state index is 15.3. The number of nitrogens with one attached hydrogen (secondary N) is 2. The fourth-order valence-corrected chi connectivity index (χ4v) is 5.13. The summed E-state index contributed by atoms with van der Waals surface area (Å²) in [4.78, 5) is 38.0. The molecule has 1 aromatic carbocycles. The number of hydrogen-bond donors (Lipinski definition) is 3. The second-order valence-electron chi connectivity index (χ2n) is 9.11. The van der Waals surface area contributed by atoms with Crippen LogP contribution < -0.4 is 20.9 Å². The predicted molar refractivity (Wildman–Crippen MR) is 130 cm³/mol. The molecule has 2 aromatic rings. The van der Waals surface area contributed by atoms with E-state index < -0.39 is 74.2 Å². The van der Waals surface area contributed by atoms with Crippen molar-refractivity contribution in [1.82, 2.24) is 14.6 Å². The van der Waals surface area contributed by atoms with Crippen molar-refractivity contribution in [1.29, 1.82) is 0 Å². The molecule has 0 saturated carbocycles. The highest BCUT2D eigenvalue weighted by Gasteiger charge is 2.48. The highest BCUT2D eigenvalue weighted by molar-refractivity contribution is 7.52. The van der Waals surface area contributed by atoms with Gasteiger partial charge in [-0.3, -0.25) is 23.7 Å². The molecule has 1 saturated heterocycles. The van der Waals surface area contributed by atoms with Gasteiger partial charge in [0.15, 0.2) is 0 Å². The number of carbonyl (C=O) groups excluding carboxylic acids is 1. The molecule has 1 aromatic heterocycles. The van der Waals surface area contributed by atoms with Crippen molar-refractivity contribution in [3.05, 3.63) is 63.4 Å². The van der Waals surface area contributed by atoms with Gasteiger partial charge in [-0.25, -0.2) is 13.8 Å². The monoisotopic (exact) mass is 543 g/mol. The van der Waals surface area contributed by atoms with Crippen LogP contribution >= 0.6 is 7.75 Å². The molecule has 0 aliphatic carbocycles. The summed E-state index contributed by atoms with van der Waals surface area (Å²) in [5, 5.41) is 13.1. The molecule has 6 atom stereocenters. The van der Waals surface area contributed by atoms with Crippen LogP contribution in [0.3, 0.4) is 0 Å². The van der Waals surface area contributed by atoms with Gasteiger partial charge in [-0.1, -0.05) is 18.2 Å². The Morgan fingerprint density at radius 1 is 1.30 bits per heavy atom. The van der Waals surface area contributed by atoms with E-state index in [1.54, 1.807) is 32.0 Å². The summed E-state index contributed by atoms with van der Waals surface area (Å²) in [6, 6.07) is 7.95. The Bertz CT molecular complexity index is 1230. The van der Waals surface area contributed by atoms with E-state index in [0.29, 0.717) is 0 Å². The maximum Gasteiger partial charge on any atom is 0.459 e. The number of aromatic amines is 1. The average molecular weight is 543 g/mol. The van der Waals surface area contributed by atoms with E-state index in [2.05, 4.69) is 10.1 Å². The van der Waals surface area contributed by atoms with Gasteiger partial charge in [-0.15, -0.1) is 0 Å².